The molecule has 0 fully saturated rings. The molecule has 1 atom stereocenters. The van der Waals surface area contributed by atoms with Crippen molar-refractivity contribution in [3.05, 3.63) is 119 Å². The number of halogens is 2. The molecule has 1 aliphatic rings. The van der Waals surface area contributed by atoms with Crippen LogP contribution in [0.25, 0.3) is 6.08 Å². The van der Waals surface area contributed by atoms with E-state index in [-0.39, 0.29) is 30.2 Å². The number of hydrogen-bond acceptors (Lipinski definition) is 8. The lowest BCUT2D eigenvalue weighted by Crippen LogP contribution is -2.39. The fraction of sp³-hybridized carbons (Fsp3) is 0.219. The van der Waals surface area contributed by atoms with Gasteiger partial charge in [-0.2, -0.15) is 0 Å². The van der Waals surface area contributed by atoms with Crippen molar-refractivity contribution < 1.29 is 28.1 Å². The zero-order chi connectivity index (χ0) is 30.7. The second kappa shape index (κ2) is 13.0. The van der Waals surface area contributed by atoms with Crippen LogP contribution in [0.5, 0.6) is 17.2 Å². The van der Waals surface area contributed by atoms with Gasteiger partial charge in [0.2, 0.25) is 0 Å². The van der Waals surface area contributed by atoms with E-state index in [4.69, 9.17) is 18.9 Å². The summed E-state index contributed by atoms with van der Waals surface area (Å²) in [6.07, 6.45) is 1.75. The second-order valence-corrected chi connectivity index (χ2v) is 11.4. The molecule has 0 amide bonds. The van der Waals surface area contributed by atoms with E-state index < -0.39 is 12.0 Å². The molecule has 1 aliphatic heterocycles. The first-order valence-electron chi connectivity index (χ1n) is 13.3. The Bertz CT molecular complexity index is 1920. The number of aromatic nitrogens is 1. The smallest absolute Gasteiger partial charge is 0.338 e. The van der Waals surface area contributed by atoms with Gasteiger partial charge < -0.3 is 18.9 Å². The molecule has 0 radical (unpaired) electrons. The lowest BCUT2D eigenvalue weighted by molar-refractivity contribution is -0.139. The number of rotatable bonds is 9. The summed E-state index contributed by atoms with van der Waals surface area (Å²) >= 11 is 4.74. The fourth-order valence-electron chi connectivity index (χ4n) is 4.78. The number of allylic oxidation sites excluding steroid dienone is 1. The van der Waals surface area contributed by atoms with E-state index >= 15 is 0 Å². The summed E-state index contributed by atoms with van der Waals surface area (Å²) in [5.41, 5.74) is 2.24. The van der Waals surface area contributed by atoms with Crippen molar-refractivity contribution in [2.45, 2.75) is 26.5 Å². The van der Waals surface area contributed by atoms with E-state index in [9.17, 15) is 14.0 Å². The first kappa shape index (κ1) is 30.2. The zero-order valence-corrected chi connectivity index (χ0v) is 26.3. The number of hydrogen-bond donors (Lipinski definition) is 0. The van der Waals surface area contributed by atoms with Crippen LogP contribution in [-0.2, 0) is 16.1 Å². The number of thiazole rings is 1. The normalized spacial score (nSPS) is 14.7. The van der Waals surface area contributed by atoms with Gasteiger partial charge in [-0.1, -0.05) is 41.7 Å². The Kier molecular flexibility index (Phi) is 9.12. The third-order valence-electron chi connectivity index (χ3n) is 6.84. The van der Waals surface area contributed by atoms with Crippen molar-refractivity contribution in [1.29, 1.82) is 0 Å². The number of ether oxygens (including phenoxy) is 4. The molecular formula is C32H28BrFN2O6S. The third kappa shape index (κ3) is 6.14. The molecule has 0 saturated carbocycles. The molecule has 43 heavy (non-hydrogen) atoms. The van der Waals surface area contributed by atoms with Crippen LogP contribution >= 0.6 is 27.3 Å². The van der Waals surface area contributed by atoms with Crippen molar-refractivity contribution in [1.82, 2.24) is 4.57 Å². The number of fused-ring (bicyclic) bond motifs is 1. The highest BCUT2D eigenvalue weighted by Gasteiger charge is 2.34. The Balaban J connectivity index is 1.56. The fourth-order valence-corrected chi connectivity index (χ4v) is 6.33. The summed E-state index contributed by atoms with van der Waals surface area (Å²) in [4.78, 5) is 32.2. The number of methoxy groups -OCH3 is 2. The van der Waals surface area contributed by atoms with Gasteiger partial charge in [-0.05, 0) is 77.3 Å². The van der Waals surface area contributed by atoms with Gasteiger partial charge in [0.25, 0.3) is 5.56 Å². The van der Waals surface area contributed by atoms with Crippen LogP contribution in [0.4, 0.5) is 4.39 Å². The highest BCUT2D eigenvalue weighted by Crippen LogP contribution is 2.36. The molecule has 0 N–H and O–H groups in total. The Morgan fingerprint density at radius 1 is 1.07 bits per heavy atom. The van der Waals surface area contributed by atoms with Crippen LogP contribution in [0.2, 0.25) is 0 Å². The lowest BCUT2D eigenvalue weighted by Gasteiger charge is -2.25. The van der Waals surface area contributed by atoms with Crippen LogP contribution in [0.1, 0.15) is 36.6 Å². The van der Waals surface area contributed by atoms with Gasteiger partial charge >= 0.3 is 5.97 Å². The molecule has 0 saturated heterocycles. The van der Waals surface area contributed by atoms with E-state index in [0.717, 1.165) is 5.56 Å². The number of nitrogens with zero attached hydrogens (tertiary/aromatic N) is 2. The summed E-state index contributed by atoms with van der Waals surface area (Å²) in [5.74, 6) is 0.627. The molecule has 0 spiro atoms. The Morgan fingerprint density at radius 3 is 2.51 bits per heavy atom. The third-order valence-corrected chi connectivity index (χ3v) is 8.44. The minimum Gasteiger partial charge on any atom is -0.493 e. The largest absolute Gasteiger partial charge is 0.493 e. The first-order valence-corrected chi connectivity index (χ1v) is 14.9. The Morgan fingerprint density at radius 2 is 1.81 bits per heavy atom. The summed E-state index contributed by atoms with van der Waals surface area (Å²) < 4.78 is 38.7. The van der Waals surface area contributed by atoms with E-state index in [2.05, 4.69) is 20.9 Å². The van der Waals surface area contributed by atoms with Gasteiger partial charge in [0.05, 0.1) is 47.1 Å². The molecule has 3 aromatic carbocycles. The molecule has 11 heteroatoms. The summed E-state index contributed by atoms with van der Waals surface area (Å²) in [6, 6.07) is 16.3. The summed E-state index contributed by atoms with van der Waals surface area (Å²) in [6.45, 7) is 3.70. The predicted molar refractivity (Wildman–Crippen MR) is 165 cm³/mol. The van der Waals surface area contributed by atoms with Gasteiger partial charge in [0.1, 0.15) is 18.2 Å². The average molecular weight is 668 g/mol. The SMILES string of the molecule is CCOC(=O)C1=C(C)N=c2s/c(=C\c3ccc(OCc4ccccc4F)c(Br)c3)c(=O)n2[C@H]1c1ccc(OC)c(OC)c1. The second-order valence-electron chi connectivity index (χ2n) is 9.49. The lowest BCUT2D eigenvalue weighted by atomic mass is 9.95. The number of esters is 1. The highest BCUT2D eigenvalue weighted by atomic mass is 79.9. The van der Waals surface area contributed by atoms with E-state index in [1.807, 2.05) is 6.07 Å². The monoisotopic (exact) mass is 666 g/mol. The van der Waals surface area contributed by atoms with E-state index in [0.29, 0.717) is 47.9 Å². The van der Waals surface area contributed by atoms with Crippen LogP contribution in [0.3, 0.4) is 0 Å². The maximum absolute atomic E-state index is 14.0. The molecule has 0 bridgehead atoms. The van der Waals surface area contributed by atoms with Crippen LogP contribution < -0.4 is 29.1 Å². The molecule has 1 aromatic heterocycles. The van der Waals surface area contributed by atoms with Gasteiger partial charge in [0.15, 0.2) is 16.3 Å². The van der Waals surface area contributed by atoms with Crippen molar-refractivity contribution in [2.24, 2.45) is 4.99 Å². The molecule has 2 heterocycles. The molecule has 0 unspecified atom stereocenters. The molecule has 4 aromatic rings. The molecule has 222 valence electrons. The molecule has 0 aliphatic carbocycles. The average Bonchev–Trinajstić information content (AvgIpc) is 3.30. The number of benzene rings is 3. The molecule has 5 rings (SSSR count). The van der Waals surface area contributed by atoms with E-state index in [1.54, 1.807) is 68.5 Å². The minimum absolute atomic E-state index is 0.0709. The van der Waals surface area contributed by atoms with Crippen LogP contribution in [0.15, 0.2) is 86.2 Å². The zero-order valence-electron chi connectivity index (χ0n) is 23.9. The van der Waals surface area contributed by atoms with Crippen LogP contribution in [0, 0.1) is 5.82 Å². The standard InChI is InChI=1S/C32H28BrFN2O6S/c1-5-41-31(38)28-18(2)35-32-36(29(28)20-11-13-25(39-3)26(16-20)40-4)30(37)27(43-32)15-19-10-12-24(22(33)14-19)42-17-21-8-6-7-9-23(21)34/h6-16,29H,5,17H2,1-4H3/b27-15-/t29-/m0/s1. The molecular weight excluding hydrogens is 639 g/mol. The maximum atomic E-state index is 14.0. The molecule has 8 nitrogen and oxygen atoms in total. The van der Waals surface area contributed by atoms with Crippen molar-refractivity contribution >= 4 is 39.3 Å². The maximum Gasteiger partial charge on any atom is 0.338 e. The van der Waals surface area contributed by atoms with Crippen LogP contribution in [-0.4, -0.2) is 31.4 Å². The number of carbonyl (C=O) groups is 1. The van der Waals surface area contributed by atoms with Gasteiger partial charge in [0, 0.05) is 5.56 Å². The van der Waals surface area contributed by atoms with Crippen molar-refractivity contribution in [2.75, 3.05) is 20.8 Å². The van der Waals surface area contributed by atoms with Gasteiger partial charge in [-0.25, -0.2) is 14.2 Å². The number of carbonyl (C=O) groups excluding carboxylic acids is 1. The highest BCUT2D eigenvalue weighted by molar-refractivity contribution is 9.10. The van der Waals surface area contributed by atoms with Crippen molar-refractivity contribution in [3.8, 4) is 17.2 Å². The quantitative estimate of drug-likeness (QED) is 0.226. The van der Waals surface area contributed by atoms with Crippen molar-refractivity contribution in [3.63, 3.8) is 0 Å². The van der Waals surface area contributed by atoms with E-state index in [1.165, 1.54) is 36.2 Å². The Hall–Kier alpha value is -4.22. The topological polar surface area (TPSA) is 88.4 Å². The first-order chi connectivity index (χ1) is 20.7. The van der Waals surface area contributed by atoms with Gasteiger partial charge in [-0.15, -0.1) is 0 Å². The van der Waals surface area contributed by atoms with Gasteiger partial charge in [-0.3, -0.25) is 9.36 Å². The minimum atomic E-state index is -0.793. The Labute approximate surface area is 259 Å². The summed E-state index contributed by atoms with van der Waals surface area (Å²) in [7, 11) is 3.06. The summed E-state index contributed by atoms with van der Waals surface area (Å²) in [5, 5.41) is 0. The predicted octanol–water partition coefficient (Wildman–Crippen LogP) is 5.30.